The number of nitrogens with zero attached hydrogens (tertiary/aromatic N) is 1. The van der Waals surface area contributed by atoms with E-state index in [1.807, 2.05) is 0 Å². The van der Waals surface area contributed by atoms with Gasteiger partial charge in [-0.05, 0) is 12.8 Å². The molecule has 0 aromatic rings. The standard InChI is InChI=1S/C10H15N3O3/c1-16-8(14)4-6-5-11-10(13-9(6)15)12-7-2-3-7/h6-7H,2-5H2,1H3,(H2,11,12,13,15). The van der Waals surface area contributed by atoms with E-state index in [9.17, 15) is 9.59 Å². The fourth-order valence-electron chi connectivity index (χ4n) is 1.49. The smallest absolute Gasteiger partial charge is 0.306 e. The van der Waals surface area contributed by atoms with E-state index < -0.39 is 5.92 Å². The molecule has 0 saturated heterocycles. The van der Waals surface area contributed by atoms with Gasteiger partial charge in [-0.15, -0.1) is 0 Å². The topological polar surface area (TPSA) is 79.8 Å². The average molecular weight is 225 g/mol. The van der Waals surface area contributed by atoms with Crippen LogP contribution in [0.1, 0.15) is 19.3 Å². The molecule has 0 aromatic heterocycles. The Labute approximate surface area is 93.4 Å². The summed E-state index contributed by atoms with van der Waals surface area (Å²) in [4.78, 5) is 26.8. The molecule has 0 aromatic carbocycles. The van der Waals surface area contributed by atoms with Crippen molar-refractivity contribution in [3.8, 4) is 0 Å². The van der Waals surface area contributed by atoms with E-state index in [0.717, 1.165) is 12.8 Å². The van der Waals surface area contributed by atoms with Crippen LogP contribution in [-0.2, 0) is 14.3 Å². The summed E-state index contributed by atoms with van der Waals surface area (Å²) in [5.41, 5.74) is 0. The van der Waals surface area contributed by atoms with Gasteiger partial charge in [-0.3, -0.25) is 19.9 Å². The summed E-state index contributed by atoms with van der Waals surface area (Å²) in [6.45, 7) is 0.343. The van der Waals surface area contributed by atoms with Crippen LogP contribution in [0.5, 0.6) is 0 Å². The largest absolute Gasteiger partial charge is 0.469 e. The predicted octanol–water partition coefficient (Wildman–Crippen LogP) is -0.596. The highest BCUT2D eigenvalue weighted by molar-refractivity contribution is 6.01. The van der Waals surface area contributed by atoms with Gasteiger partial charge in [0.05, 0.1) is 26.0 Å². The predicted molar refractivity (Wildman–Crippen MR) is 56.7 cm³/mol. The SMILES string of the molecule is COC(=O)CC1CN=C(NC2CC2)NC1=O. The van der Waals surface area contributed by atoms with E-state index in [4.69, 9.17) is 0 Å². The third-order valence-corrected chi connectivity index (χ3v) is 2.64. The Morgan fingerprint density at radius 2 is 2.38 bits per heavy atom. The summed E-state index contributed by atoms with van der Waals surface area (Å²) in [5.74, 6) is -0.414. The molecule has 1 heterocycles. The van der Waals surface area contributed by atoms with E-state index in [1.54, 1.807) is 0 Å². The number of carbonyl (C=O) groups is 2. The molecule has 1 unspecified atom stereocenters. The highest BCUT2D eigenvalue weighted by Gasteiger charge is 2.29. The van der Waals surface area contributed by atoms with Crippen molar-refractivity contribution in [2.45, 2.75) is 25.3 Å². The number of aliphatic imine (C=N–C) groups is 1. The fraction of sp³-hybridized carbons (Fsp3) is 0.700. The van der Waals surface area contributed by atoms with Gasteiger partial charge in [0, 0.05) is 6.04 Å². The Hall–Kier alpha value is -1.59. The Morgan fingerprint density at radius 1 is 1.62 bits per heavy atom. The minimum atomic E-state index is -0.405. The fourth-order valence-corrected chi connectivity index (χ4v) is 1.49. The van der Waals surface area contributed by atoms with Crippen molar-refractivity contribution < 1.29 is 14.3 Å². The minimum Gasteiger partial charge on any atom is -0.469 e. The molecular weight excluding hydrogens is 210 g/mol. The summed E-state index contributed by atoms with van der Waals surface area (Å²) < 4.78 is 4.52. The zero-order valence-corrected chi connectivity index (χ0v) is 9.16. The lowest BCUT2D eigenvalue weighted by atomic mass is 10.0. The second-order valence-electron chi connectivity index (χ2n) is 4.07. The number of nitrogens with one attached hydrogen (secondary N) is 2. The van der Waals surface area contributed by atoms with Crippen molar-refractivity contribution >= 4 is 17.8 Å². The highest BCUT2D eigenvalue weighted by atomic mass is 16.5. The lowest BCUT2D eigenvalue weighted by molar-refractivity contribution is -0.143. The van der Waals surface area contributed by atoms with Crippen molar-refractivity contribution in [3.63, 3.8) is 0 Å². The number of carbonyl (C=O) groups excluding carboxylic acids is 2. The number of rotatable bonds is 3. The first kappa shape index (κ1) is 10.9. The van der Waals surface area contributed by atoms with E-state index in [0.29, 0.717) is 18.5 Å². The van der Waals surface area contributed by atoms with Crippen LogP contribution in [0.15, 0.2) is 4.99 Å². The maximum atomic E-state index is 11.6. The van der Waals surface area contributed by atoms with Crippen molar-refractivity contribution in [1.82, 2.24) is 10.6 Å². The number of hydrogen-bond acceptors (Lipinski definition) is 5. The molecule has 1 fully saturated rings. The molecule has 6 heteroatoms. The molecular formula is C10H15N3O3. The molecule has 88 valence electrons. The maximum absolute atomic E-state index is 11.6. The van der Waals surface area contributed by atoms with Crippen molar-refractivity contribution in [1.29, 1.82) is 0 Å². The van der Waals surface area contributed by atoms with Gasteiger partial charge in [0.15, 0.2) is 5.96 Å². The van der Waals surface area contributed by atoms with Crippen LogP contribution in [-0.4, -0.2) is 37.5 Å². The third kappa shape index (κ3) is 2.71. The summed E-state index contributed by atoms with van der Waals surface area (Å²) >= 11 is 0. The number of ether oxygens (including phenoxy) is 1. The van der Waals surface area contributed by atoms with Crippen LogP contribution in [0.3, 0.4) is 0 Å². The minimum absolute atomic E-state index is 0.0859. The van der Waals surface area contributed by atoms with Crippen molar-refractivity contribution in [2.75, 3.05) is 13.7 Å². The quantitative estimate of drug-likeness (QED) is 0.629. The van der Waals surface area contributed by atoms with Crippen LogP contribution in [0.2, 0.25) is 0 Å². The number of amides is 1. The molecule has 1 aliphatic carbocycles. The van der Waals surface area contributed by atoms with Crippen LogP contribution < -0.4 is 10.6 Å². The number of esters is 1. The first-order chi connectivity index (χ1) is 7.69. The van der Waals surface area contributed by atoms with Gasteiger partial charge >= 0.3 is 5.97 Å². The summed E-state index contributed by atoms with van der Waals surface area (Å²) in [6, 6.07) is 0.455. The highest BCUT2D eigenvalue weighted by Crippen LogP contribution is 2.19. The molecule has 16 heavy (non-hydrogen) atoms. The molecule has 2 aliphatic rings. The van der Waals surface area contributed by atoms with E-state index in [1.165, 1.54) is 7.11 Å². The average Bonchev–Trinajstić information content (AvgIpc) is 3.06. The van der Waals surface area contributed by atoms with Gasteiger partial charge < -0.3 is 10.1 Å². The van der Waals surface area contributed by atoms with Crippen molar-refractivity contribution in [3.05, 3.63) is 0 Å². The number of methoxy groups -OCH3 is 1. The maximum Gasteiger partial charge on any atom is 0.306 e. The number of hydrogen-bond donors (Lipinski definition) is 2. The first-order valence-corrected chi connectivity index (χ1v) is 5.37. The molecule has 6 nitrogen and oxygen atoms in total. The summed E-state index contributed by atoms with van der Waals surface area (Å²) in [5, 5.41) is 5.77. The van der Waals surface area contributed by atoms with Gasteiger partial charge in [0.1, 0.15) is 0 Å². The molecule has 0 bridgehead atoms. The summed E-state index contributed by atoms with van der Waals surface area (Å²) in [7, 11) is 1.31. The molecule has 0 spiro atoms. The van der Waals surface area contributed by atoms with E-state index in [2.05, 4.69) is 20.4 Å². The Kier molecular flexibility index (Phi) is 3.07. The third-order valence-electron chi connectivity index (χ3n) is 2.64. The molecule has 1 atom stereocenters. The Balaban J connectivity index is 1.87. The van der Waals surface area contributed by atoms with Crippen molar-refractivity contribution in [2.24, 2.45) is 10.9 Å². The van der Waals surface area contributed by atoms with E-state index in [-0.39, 0.29) is 18.3 Å². The molecule has 1 aliphatic heterocycles. The Bertz CT molecular complexity index is 336. The molecule has 2 N–H and O–H groups in total. The van der Waals surface area contributed by atoms with E-state index >= 15 is 0 Å². The lowest BCUT2D eigenvalue weighted by Crippen LogP contribution is -2.49. The Morgan fingerprint density at radius 3 is 2.94 bits per heavy atom. The van der Waals surface area contributed by atoms with Crippen LogP contribution in [0, 0.1) is 5.92 Å². The lowest BCUT2D eigenvalue weighted by Gasteiger charge is -2.21. The van der Waals surface area contributed by atoms with Crippen LogP contribution in [0.25, 0.3) is 0 Å². The zero-order valence-electron chi connectivity index (χ0n) is 9.16. The number of guanidine groups is 1. The zero-order chi connectivity index (χ0) is 11.5. The first-order valence-electron chi connectivity index (χ1n) is 5.37. The molecule has 2 rings (SSSR count). The molecule has 1 saturated carbocycles. The molecule has 0 radical (unpaired) electrons. The van der Waals surface area contributed by atoms with Gasteiger partial charge in [-0.2, -0.15) is 0 Å². The normalized spacial score (nSPS) is 24.4. The van der Waals surface area contributed by atoms with Gasteiger partial charge in [0.2, 0.25) is 5.91 Å². The van der Waals surface area contributed by atoms with Gasteiger partial charge in [-0.1, -0.05) is 0 Å². The summed E-state index contributed by atoms with van der Waals surface area (Å²) in [6.07, 6.45) is 2.34. The molecule has 1 amide bonds. The monoisotopic (exact) mass is 225 g/mol. The van der Waals surface area contributed by atoms with Crippen LogP contribution in [0.4, 0.5) is 0 Å². The second-order valence-corrected chi connectivity index (χ2v) is 4.07. The van der Waals surface area contributed by atoms with Crippen LogP contribution >= 0.6 is 0 Å². The van der Waals surface area contributed by atoms with Gasteiger partial charge in [-0.25, -0.2) is 0 Å². The van der Waals surface area contributed by atoms with Gasteiger partial charge in [0.25, 0.3) is 0 Å². The second kappa shape index (κ2) is 4.51.